The second-order valence-corrected chi connectivity index (χ2v) is 4.41. The van der Waals surface area contributed by atoms with Gasteiger partial charge in [0.25, 0.3) is 5.91 Å². The fraction of sp³-hybridized carbons (Fsp3) is 0.0625. The Morgan fingerprint density at radius 3 is 2.86 bits per heavy atom. The first kappa shape index (κ1) is 13.1. The minimum Gasteiger partial charge on any atom is -0.497 e. The van der Waals surface area contributed by atoms with E-state index in [4.69, 9.17) is 4.74 Å². The first-order valence-corrected chi connectivity index (χ1v) is 6.43. The van der Waals surface area contributed by atoms with Crippen LogP contribution in [0.25, 0.3) is 10.9 Å². The van der Waals surface area contributed by atoms with Gasteiger partial charge in [-0.3, -0.25) is 9.78 Å². The molecule has 0 bridgehead atoms. The summed E-state index contributed by atoms with van der Waals surface area (Å²) in [6, 6.07) is 12.5. The van der Waals surface area contributed by atoms with E-state index in [-0.39, 0.29) is 5.91 Å². The van der Waals surface area contributed by atoms with Gasteiger partial charge in [-0.05, 0) is 24.3 Å². The Hall–Kier alpha value is -2.95. The van der Waals surface area contributed by atoms with Crippen LogP contribution in [-0.4, -0.2) is 23.0 Å². The number of amides is 1. The number of nitrogens with one attached hydrogen (secondary N) is 1. The number of benzene rings is 1. The number of carbonyl (C=O) groups excluding carboxylic acids is 1. The summed E-state index contributed by atoms with van der Waals surface area (Å²) in [7, 11) is 1.57. The molecule has 2 heterocycles. The summed E-state index contributed by atoms with van der Waals surface area (Å²) in [5.74, 6) is 0.856. The van der Waals surface area contributed by atoms with Gasteiger partial charge in [-0.15, -0.1) is 0 Å². The number of methoxy groups -OCH3 is 1. The summed E-state index contributed by atoms with van der Waals surface area (Å²) in [6.07, 6.45) is 3.28. The van der Waals surface area contributed by atoms with Crippen LogP contribution in [-0.2, 0) is 0 Å². The van der Waals surface area contributed by atoms with Crippen molar-refractivity contribution in [1.29, 1.82) is 0 Å². The van der Waals surface area contributed by atoms with Gasteiger partial charge in [-0.1, -0.05) is 12.1 Å². The number of hydrogen-bond acceptors (Lipinski definition) is 4. The first-order chi connectivity index (χ1) is 10.3. The zero-order valence-electron chi connectivity index (χ0n) is 11.4. The van der Waals surface area contributed by atoms with Gasteiger partial charge in [0, 0.05) is 29.4 Å². The summed E-state index contributed by atoms with van der Waals surface area (Å²) in [5, 5.41) is 3.57. The summed E-state index contributed by atoms with van der Waals surface area (Å²) >= 11 is 0. The summed E-state index contributed by atoms with van der Waals surface area (Å²) in [4.78, 5) is 20.8. The maximum Gasteiger partial charge on any atom is 0.257 e. The lowest BCUT2D eigenvalue weighted by atomic mass is 10.1. The monoisotopic (exact) mass is 279 g/mol. The molecular weight excluding hydrogens is 266 g/mol. The van der Waals surface area contributed by atoms with E-state index >= 15 is 0 Å². The molecule has 0 atom stereocenters. The van der Waals surface area contributed by atoms with E-state index in [1.165, 1.54) is 0 Å². The Kier molecular flexibility index (Phi) is 3.47. The smallest absolute Gasteiger partial charge is 0.257 e. The minimum atomic E-state index is -0.227. The number of fused-ring (bicyclic) bond motifs is 1. The fourth-order valence-corrected chi connectivity index (χ4v) is 2.09. The molecule has 1 aromatic carbocycles. The largest absolute Gasteiger partial charge is 0.497 e. The molecular formula is C16H13N3O2. The van der Waals surface area contributed by atoms with Crippen molar-refractivity contribution in [3.8, 4) is 5.75 Å². The quantitative estimate of drug-likeness (QED) is 0.800. The molecule has 104 valence electrons. The van der Waals surface area contributed by atoms with E-state index in [0.29, 0.717) is 17.1 Å². The van der Waals surface area contributed by atoms with E-state index in [2.05, 4.69) is 15.3 Å². The van der Waals surface area contributed by atoms with Crippen LogP contribution >= 0.6 is 0 Å². The topological polar surface area (TPSA) is 64.1 Å². The van der Waals surface area contributed by atoms with Gasteiger partial charge in [-0.25, -0.2) is 4.98 Å². The number of pyridine rings is 2. The summed E-state index contributed by atoms with van der Waals surface area (Å²) in [6.45, 7) is 0. The SMILES string of the molecule is COc1ccnc(NC(=O)c2cccc3ncccc23)c1. The van der Waals surface area contributed by atoms with Crippen LogP contribution in [0.3, 0.4) is 0 Å². The van der Waals surface area contributed by atoms with Crippen LogP contribution in [0.1, 0.15) is 10.4 Å². The third kappa shape index (κ3) is 2.67. The molecule has 5 heteroatoms. The van der Waals surface area contributed by atoms with Crippen molar-refractivity contribution in [1.82, 2.24) is 9.97 Å². The molecule has 0 aliphatic rings. The average Bonchev–Trinajstić information content (AvgIpc) is 2.54. The number of aromatic nitrogens is 2. The second kappa shape index (κ2) is 5.58. The molecule has 3 rings (SSSR count). The van der Waals surface area contributed by atoms with Gasteiger partial charge in [0.2, 0.25) is 0 Å². The van der Waals surface area contributed by atoms with Crippen molar-refractivity contribution in [3.05, 3.63) is 60.4 Å². The summed E-state index contributed by atoms with van der Waals surface area (Å²) < 4.78 is 5.11. The highest BCUT2D eigenvalue weighted by molar-refractivity contribution is 6.12. The Morgan fingerprint density at radius 1 is 1.10 bits per heavy atom. The van der Waals surface area contributed by atoms with Gasteiger partial charge in [0.05, 0.1) is 12.6 Å². The van der Waals surface area contributed by atoms with Crippen molar-refractivity contribution >= 4 is 22.6 Å². The lowest BCUT2D eigenvalue weighted by Crippen LogP contribution is -2.13. The molecule has 0 spiro atoms. The van der Waals surface area contributed by atoms with Crippen molar-refractivity contribution in [2.75, 3.05) is 12.4 Å². The Morgan fingerprint density at radius 2 is 2.00 bits per heavy atom. The van der Waals surface area contributed by atoms with E-state index in [1.807, 2.05) is 24.3 Å². The number of anilines is 1. The molecule has 0 aliphatic heterocycles. The predicted molar refractivity (Wildman–Crippen MR) is 80.5 cm³/mol. The maximum atomic E-state index is 12.4. The number of carbonyl (C=O) groups is 1. The molecule has 21 heavy (non-hydrogen) atoms. The number of rotatable bonds is 3. The average molecular weight is 279 g/mol. The lowest BCUT2D eigenvalue weighted by molar-refractivity contribution is 0.102. The molecule has 2 aromatic heterocycles. The highest BCUT2D eigenvalue weighted by Crippen LogP contribution is 2.19. The molecule has 0 unspecified atom stereocenters. The highest BCUT2D eigenvalue weighted by Gasteiger charge is 2.11. The van der Waals surface area contributed by atoms with Crippen LogP contribution < -0.4 is 10.1 Å². The second-order valence-electron chi connectivity index (χ2n) is 4.41. The van der Waals surface area contributed by atoms with Gasteiger partial charge in [0.1, 0.15) is 11.6 Å². The minimum absolute atomic E-state index is 0.227. The Labute approximate surface area is 121 Å². The van der Waals surface area contributed by atoms with Crippen LogP contribution in [0.2, 0.25) is 0 Å². The van der Waals surface area contributed by atoms with Gasteiger partial charge < -0.3 is 10.1 Å². The van der Waals surface area contributed by atoms with Crippen LogP contribution in [0.4, 0.5) is 5.82 Å². The number of ether oxygens (including phenoxy) is 1. The Bertz CT molecular complexity index is 797. The molecule has 3 aromatic rings. The van der Waals surface area contributed by atoms with Crippen molar-refractivity contribution in [2.24, 2.45) is 0 Å². The molecule has 0 fully saturated rings. The zero-order chi connectivity index (χ0) is 14.7. The lowest BCUT2D eigenvalue weighted by Gasteiger charge is -2.08. The number of hydrogen-bond donors (Lipinski definition) is 1. The van der Waals surface area contributed by atoms with Gasteiger partial charge in [-0.2, -0.15) is 0 Å². The van der Waals surface area contributed by atoms with E-state index < -0.39 is 0 Å². The summed E-state index contributed by atoms with van der Waals surface area (Å²) in [5.41, 5.74) is 1.34. The van der Waals surface area contributed by atoms with Crippen LogP contribution in [0.15, 0.2) is 54.9 Å². The van der Waals surface area contributed by atoms with Gasteiger partial charge in [0.15, 0.2) is 0 Å². The fourth-order valence-electron chi connectivity index (χ4n) is 2.09. The zero-order valence-corrected chi connectivity index (χ0v) is 11.4. The number of nitrogens with zero attached hydrogens (tertiary/aromatic N) is 2. The third-order valence-electron chi connectivity index (χ3n) is 3.10. The molecule has 0 saturated heterocycles. The van der Waals surface area contributed by atoms with E-state index in [1.54, 1.807) is 37.7 Å². The molecule has 0 radical (unpaired) electrons. The third-order valence-corrected chi connectivity index (χ3v) is 3.10. The molecule has 5 nitrogen and oxygen atoms in total. The molecule has 0 aliphatic carbocycles. The van der Waals surface area contributed by atoms with Crippen LogP contribution in [0, 0.1) is 0 Å². The van der Waals surface area contributed by atoms with Crippen molar-refractivity contribution < 1.29 is 9.53 Å². The Balaban J connectivity index is 1.93. The van der Waals surface area contributed by atoms with E-state index in [0.717, 1.165) is 10.9 Å². The highest BCUT2D eigenvalue weighted by atomic mass is 16.5. The molecule has 1 N–H and O–H groups in total. The van der Waals surface area contributed by atoms with E-state index in [9.17, 15) is 4.79 Å². The van der Waals surface area contributed by atoms with Gasteiger partial charge >= 0.3 is 0 Å². The van der Waals surface area contributed by atoms with Crippen LogP contribution in [0.5, 0.6) is 5.75 Å². The molecule has 1 amide bonds. The normalized spacial score (nSPS) is 10.3. The van der Waals surface area contributed by atoms with Crippen molar-refractivity contribution in [3.63, 3.8) is 0 Å². The standard InChI is InChI=1S/C16H13N3O2/c1-21-11-7-9-18-15(10-11)19-16(20)13-4-2-6-14-12(13)5-3-8-17-14/h2-10H,1H3,(H,18,19,20). The molecule has 0 saturated carbocycles. The predicted octanol–water partition coefficient (Wildman–Crippen LogP) is 2.89. The first-order valence-electron chi connectivity index (χ1n) is 6.43. The maximum absolute atomic E-state index is 12.4. The van der Waals surface area contributed by atoms with Crippen molar-refractivity contribution in [2.45, 2.75) is 0 Å².